The third-order valence-corrected chi connectivity index (χ3v) is 3.44. The summed E-state index contributed by atoms with van der Waals surface area (Å²) in [7, 11) is 0. The summed E-state index contributed by atoms with van der Waals surface area (Å²) in [6, 6.07) is 12.5. The largest absolute Gasteiger partial charge is 0.394 e. The van der Waals surface area contributed by atoms with Gasteiger partial charge in [-0.15, -0.1) is 0 Å². The van der Waals surface area contributed by atoms with Crippen LogP contribution in [0.3, 0.4) is 0 Å². The van der Waals surface area contributed by atoms with Crippen molar-refractivity contribution in [3.8, 4) is 11.3 Å². The van der Waals surface area contributed by atoms with Crippen molar-refractivity contribution < 1.29 is 9.50 Å². The SMILES string of the molecule is OCCn1nc(-c2ccccc2)c2cc(Cl)c(F)cc21. The van der Waals surface area contributed by atoms with Crippen molar-refractivity contribution in [1.82, 2.24) is 9.78 Å². The molecule has 1 heterocycles. The third-order valence-electron chi connectivity index (χ3n) is 3.15. The van der Waals surface area contributed by atoms with Gasteiger partial charge in [0.05, 0.1) is 23.7 Å². The van der Waals surface area contributed by atoms with Gasteiger partial charge in [0.1, 0.15) is 11.5 Å². The Morgan fingerprint density at radius 2 is 1.95 bits per heavy atom. The molecule has 0 unspecified atom stereocenters. The number of aliphatic hydroxyl groups is 1. The number of aromatic nitrogens is 2. The summed E-state index contributed by atoms with van der Waals surface area (Å²) in [6.45, 7) is 0.250. The second kappa shape index (κ2) is 5.23. The van der Waals surface area contributed by atoms with E-state index in [2.05, 4.69) is 5.10 Å². The summed E-state index contributed by atoms with van der Waals surface area (Å²) in [5.41, 5.74) is 2.28. The molecule has 0 saturated carbocycles. The number of halogens is 2. The maximum Gasteiger partial charge on any atom is 0.143 e. The minimum atomic E-state index is -0.488. The van der Waals surface area contributed by atoms with E-state index in [1.54, 1.807) is 10.7 Å². The number of aliphatic hydroxyl groups excluding tert-OH is 1. The molecule has 3 nitrogen and oxygen atoms in total. The molecular formula is C15H12ClFN2O. The molecule has 1 aromatic heterocycles. The average Bonchev–Trinajstić information content (AvgIpc) is 2.79. The third kappa shape index (κ3) is 2.17. The second-order valence-electron chi connectivity index (χ2n) is 4.44. The van der Waals surface area contributed by atoms with Crippen LogP contribution in [0.4, 0.5) is 4.39 Å². The number of hydrogen-bond donors (Lipinski definition) is 1. The molecule has 0 spiro atoms. The van der Waals surface area contributed by atoms with Crippen LogP contribution in [0.1, 0.15) is 0 Å². The molecule has 5 heteroatoms. The monoisotopic (exact) mass is 290 g/mol. The van der Waals surface area contributed by atoms with Gasteiger partial charge in [-0.25, -0.2) is 4.39 Å². The van der Waals surface area contributed by atoms with Gasteiger partial charge in [-0.05, 0) is 6.07 Å². The zero-order chi connectivity index (χ0) is 14.1. The van der Waals surface area contributed by atoms with Gasteiger partial charge < -0.3 is 5.11 Å². The van der Waals surface area contributed by atoms with Crippen LogP contribution in [0.25, 0.3) is 22.2 Å². The van der Waals surface area contributed by atoms with Crippen LogP contribution in [0, 0.1) is 5.82 Å². The minimum Gasteiger partial charge on any atom is -0.394 e. The summed E-state index contributed by atoms with van der Waals surface area (Å²) >= 11 is 5.87. The lowest BCUT2D eigenvalue weighted by atomic mass is 10.1. The van der Waals surface area contributed by atoms with Gasteiger partial charge in [-0.1, -0.05) is 41.9 Å². The topological polar surface area (TPSA) is 38.0 Å². The van der Waals surface area contributed by atoms with Crippen molar-refractivity contribution in [2.75, 3.05) is 6.61 Å². The van der Waals surface area contributed by atoms with E-state index in [1.165, 1.54) is 6.07 Å². The van der Waals surface area contributed by atoms with Crippen LogP contribution in [0.2, 0.25) is 5.02 Å². The summed E-state index contributed by atoms with van der Waals surface area (Å²) in [5, 5.41) is 14.4. The second-order valence-corrected chi connectivity index (χ2v) is 4.85. The molecule has 2 aromatic carbocycles. The van der Waals surface area contributed by atoms with Gasteiger partial charge in [0.15, 0.2) is 0 Å². The molecule has 0 amide bonds. The highest BCUT2D eigenvalue weighted by Gasteiger charge is 2.14. The Labute approximate surface area is 120 Å². The van der Waals surface area contributed by atoms with Crippen molar-refractivity contribution in [3.63, 3.8) is 0 Å². The summed E-state index contributed by atoms with van der Waals surface area (Å²) in [4.78, 5) is 0. The molecule has 0 saturated heterocycles. The van der Waals surface area contributed by atoms with E-state index in [1.807, 2.05) is 30.3 Å². The van der Waals surface area contributed by atoms with Crippen molar-refractivity contribution in [2.45, 2.75) is 6.54 Å². The molecule has 3 rings (SSSR count). The zero-order valence-corrected chi connectivity index (χ0v) is 11.3. The summed E-state index contributed by atoms with van der Waals surface area (Å²) in [5.74, 6) is -0.488. The number of rotatable bonds is 3. The van der Waals surface area contributed by atoms with Crippen molar-refractivity contribution in [1.29, 1.82) is 0 Å². The van der Waals surface area contributed by atoms with Crippen LogP contribution in [0.5, 0.6) is 0 Å². The fourth-order valence-corrected chi connectivity index (χ4v) is 2.41. The van der Waals surface area contributed by atoms with Crippen LogP contribution < -0.4 is 0 Å². The van der Waals surface area contributed by atoms with Crippen LogP contribution in [0.15, 0.2) is 42.5 Å². The molecule has 0 atom stereocenters. The molecule has 0 aliphatic rings. The normalized spacial score (nSPS) is 11.2. The minimum absolute atomic E-state index is 0.0603. The number of hydrogen-bond acceptors (Lipinski definition) is 2. The highest BCUT2D eigenvalue weighted by molar-refractivity contribution is 6.31. The Bertz CT molecular complexity index is 755. The van der Waals surface area contributed by atoms with Crippen LogP contribution >= 0.6 is 11.6 Å². The Morgan fingerprint density at radius 1 is 1.20 bits per heavy atom. The lowest BCUT2D eigenvalue weighted by molar-refractivity contribution is 0.272. The molecule has 1 N–H and O–H groups in total. The van der Waals surface area contributed by atoms with Gasteiger partial charge in [0, 0.05) is 17.0 Å². The number of benzene rings is 2. The number of nitrogens with zero attached hydrogens (tertiary/aromatic N) is 2. The fraction of sp³-hybridized carbons (Fsp3) is 0.133. The Morgan fingerprint density at radius 3 is 2.65 bits per heavy atom. The van der Waals surface area contributed by atoms with E-state index < -0.39 is 5.82 Å². The Hall–Kier alpha value is -1.91. The highest BCUT2D eigenvalue weighted by atomic mass is 35.5. The van der Waals surface area contributed by atoms with Crippen molar-refractivity contribution >= 4 is 22.5 Å². The molecule has 0 aliphatic heterocycles. The van der Waals surface area contributed by atoms with Gasteiger partial charge in [0.25, 0.3) is 0 Å². The molecule has 102 valence electrons. The Balaban J connectivity index is 2.29. The Kier molecular flexibility index (Phi) is 3.42. The van der Waals surface area contributed by atoms with Gasteiger partial charge in [-0.3, -0.25) is 4.68 Å². The summed E-state index contributed by atoms with van der Waals surface area (Å²) < 4.78 is 15.2. The fourth-order valence-electron chi connectivity index (χ4n) is 2.24. The molecular weight excluding hydrogens is 279 g/mol. The quantitative estimate of drug-likeness (QED) is 0.802. The van der Waals surface area contributed by atoms with E-state index in [9.17, 15) is 4.39 Å². The summed E-state index contributed by atoms with van der Waals surface area (Å²) in [6.07, 6.45) is 0. The first-order valence-electron chi connectivity index (χ1n) is 6.22. The maximum atomic E-state index is 13.6. The smallest absolute Gasteiger partial charge is 0.143 e. The molecule has 0 radical (unpaired) electrons. The lowest BCUT2D eigenvalue weighted by Gasteiger charge is -2.00. The van der Waals surface area contributed by atoms with Crippen molar-refractivity contribution in [3.05, 3.63) is 53.3 Å². The van der Waals surface area contributed by atoms with Gasteiger partial charge >= 0.3 is 0 Å². The average molecular weight is 291 g/mol. The van der Waals surface area contributed by atoms with E-state index in [-0.39, 0.29) is 11.6 Å². The van der Waals surface area contributed by atoms with E-state index in [4.69, 9.17) is 16.7 Å². The first-order chi connectivity index (χ1) is 9.70. The standard InChI is InChI=1S/C15H12ClFN2O/c16-12-8-11-14(9-13(12)17)19(6-7-20)18-15(11)10-4-2-1-3-5-10/h1-5,8-9,20H,6-7H2. The lowest BCUT2D eigenvalue weighted by Crippen LogP contribution is -2.03. The zero-order valence-electron chi connectivity index (χ0n) is 10.6. The van der Waals surface area contributed by atoms with E-state index >= 15 is 0 Å². The number of fused-ring (bicyclic) bond motifs is 1. The van der Waals surface area contributed by atoms with Gasteiger partial charge in [-0.2, -0.15) is 5.10 Å². The highest BCUT2D eigenvalue weighted by Crippen LogP contribution is 2.31. The van der Waals surface area contributed by atoms with Crippen LogP contribution in [-0.4, -0.2) is 21.5 Å². The molecule has 0 fully saturated rings. The first kappa shape index (κ1) is 13.1. The molecule has 0 bridgehead atoms. The van der Waals surface area contributed by atoms with E-state index in [0.29, 0.717) is 12.1 Å². The van der Waals surface area contributed by atoms with Gasteiger partial charge in [0.2, 0.25) is 0 Å². The molecule has 0 aliphatic carbocycles. The predicted molar refractivity (Wildman–Crippen MR) is 77.2 cm³/mol. The van der Waals surface area contributed by atoms with Crippen molar-refractivity contribution in [2.24, 2.45) is 0 Å². The predicted octanol–water partition coefficient (Wildman–Crippen LogP) is 3.49. The molecule has 20 heavy (non-hydrogen) atoms. The van der Waals surface area contributed by atoms with E-state index in [0.717, 1.165) is 16.6 Å². The molecule has 3 aromatic rings. The first-order valence-corrected chi connectivity index (χ1v) is 6.60. The van der Waals surface area contributed by atoms with Crippen LogP contribution in [-0.2, 0) is 6.54 Å². The maximum absolute atomic E-state index is 13.6.